The van der Waals surface area contributed by atoms with Crippen LogP contribution >= 0.6 is 0 Å². The molecule has 156 valence electrons. The molecule has 0 spiro atoms. The van der Waals surface area contributed by atoms with Crippen LogP contribution in [0.15, 0.2) is 12.1 Å². The van der Waals surface area contributed by atoms with Crippen molar-refractivity contribution in [2.45, 2.75) is 102 Å². The zero-order valence-electron chi connectivity index (χ0n) is 17.3. The smallest absolute Gasteiger partial charge is 0.293 e. The van der Waals surface area contributed by atoms with E-state index in [9.17, 15) is 15.0 Å². The van der Waals surface area contributed by atoms with E-state index in [1.165, 1.54) is 32.1 Å². The molecular formula is C24H36O4. The lowest BCUT2D eigenvalue weighted by Crippen LogP contribution is -2.12. The van der Waals surface area contributed by atoms with Crippen molar-refractivity contribution in [2.24, 2.45) is 5.41 Å². The number of phenolic OH excluding ortho intramolecular Hbond substituents is 2. The largest absolute Gasteiger partial charge is 0.504 e. The Morgan fingerprint density at radius 2 is 1.39 bits per heavy atom. The number of aromatic hydroxyl groups is 2. The quantitative estimate of drug-likeness (QED) is 0.240. The molecule has 3 rings (SSSR count). The first-order valence-electron chi connectivity index (χ1n) is 11.1. The molecule has 28 heavy (non-hydrogen) atoms. The van der Waals surface area contributed by atoms with E-state index in [0.717, 1.165) is 68.9 Å². The van der Waals surface area contributed by atoms with Gasteiger partial charge in [0, 0.05) is 0 Å². The Kier molecular flexibility index (Phi) is 6.90. The summed E-state index contributed by atoms with van der Waals surface area (Å²) in [6.07, 6.45) is 15.1. The molecule has 1 aromatic carbocycles. The number of hydrogen-bond acceptors (Lipinski definition) is 4. The standard InChI is InChI=1S/C24H36O4/c1-23(14-15-23)12-6-2-4-8-19-10-11-20(22(27)21(19)26)9-5-3-7-13-24(16-17-24)28-18-25/h10-11,18,26-27H,2-9,12-17H2,1H3. The number of phenols is 2. The molecule has 0 amide bonds. The van der Waals surface area contributed by atoms with Gasteiger partial charge in [0.05, 0.1) is 0 Å². The molecule has 0 aliphatic heterocycles. The predicted octanol–water partition coefficient (Wildman–Crippen LogP) is 5.81. The van der Waals surface area contributed by atoms with Gasteiger partial charge in [0.2, 0.25) is 0 Å². The monoisotopic (exact) mass is 388 g/mol. The third kappa shape index (κ3) is 5.89. The molecule has 0 radical (unpaired) electrons. The minimum atomic E-state index is -0.166. The van der Waals surface area contributed by atoms with Crippen LogP contribution in [0.3, 0.4) is 0 Å². The third-order valence-electron chi connectivity index (χ3n) is 6.83. The topological polar surface area (TPSA) is 66.8 Å². The van der Waals surface area contributed by atoms with Gasteiger partial charge in [-0.05, 0) is 87.2 Å². The predicted molar refractivity (Wildman–Crippen MR) is 111 cm³/mol. The Bertz CT molecular complexity index is 659. The lowest BCUT2D eigenvalue weighted by molar-refractivity contribution is -0.135. The highest BCUT2D eigenvalue weighted by Gasteiger charge is 2.44. The van der Waals surface area contributed by atoms with Gasteiger partial charge in [0.25, 0.3) is 6.47 Å². The van der Waals surface area contributed by atoms with Gasteiger partial charge in [-0.25, -0.2) is 0 Å². The first-order chi connectivity index (χ1) is 13.5. The maximum Gasteiger partial charge on any atom is 0.293 e. The van der Waals surface area contributed by atoms with E-state index in [1.54, 1.807) is 0 Å². The van der Waals surface area contributed by atoms with Crippen molar-refractivity contribution < 1.29 is 19.7 Å². The second-order valence-electron chi connectivity index (χ2n) is 9.41. The zero-order valence-corrected chi connectivity index (χ0v) is 17.3. The molecule has 0 aromatic heterocycles. The molecular weight excluding hydrogens is 352 g/mol. The second-order valence-corrected chi connectivity index (χ2v) is 9.41. The van der Waals surface area contributed by atoms with Crippen molar-refractivity contribution in [3.05, 3.63) is 23.3 Å². The highest BCUT2D eigenvalue weighted by atomic mass is 16.5. The highest BCUT2D eigenvalue weighted by molar-refractivity contribution is 5.50. The van der Waals surface area contributed by atoms with Crippen molar-refractivity contribution in [3.63, 3.8) is 0 Å². The summed E-state index contributed by atoms with van der Waals surface area (Å²) in [5.74, 6) is 0.133. The molecule has 2 aliphatic carbocycles. The van der Waals surface area contributed by atoms with Gasteiger partial charge < -0.3 is 14.9 Å². The molecule has 0 heterocycles. The summed E-state index contributed by atoms with van der Waals surface area (Å²) in [5.41, 5.74) is 2.15. The summed E-state index contributed by atoms with van der Waals surface area (Å²) >= 11 is 0. The fourth-order valence-electron chi connectivity index (χ4n) is 4.18. The van der Waals surface area contributed by atoms with Gasteiger partial charge >= 0.3 is 0 Å². The lowest BCUT2D eigenvalue weighted by Gasteiger charge is -2.13. The molecule has 2 fully saturated rings. The van der Waals surface area contributed by atoms with Gasteiger partial charge in [-0.2, -0.15) is 0 Å². The van der Waals surface area contributed by atoms with Crippen LogP contribution in [0.25, 0.3) is 0 Å². The summed E-state index contributed by atoms with van der Waals surface area (Å²) in [6.45, 7) is 2.95. The van der Waals surface area contributed by atoms with Crippen LogP contribution in [-0.4, -0.2) is 22.3 Å². The Labute approximate surface area is 169 Å². The average molecular weight is 389 g/mol. The van der Waals surface area contributed by atoms with Crippen molar-refractivity contribution in [1.82, 2.24) is 0 Å². The molecule has 0 atom stereocenters. The van der Waals surface area contributed by atoms with Crippen LogP contribution in [0.1, 0.15) is 95.1 Å². The number of ether oxygens (including phenoxy) is 1. The Morgan fingerprint density at radius 1 is 0.857 bits per heavy atom. The Hall–Kier alpha value is -1.71. The van der Waals surface area contributed by atoms with Crippen molar-refractivity contribution in [2.75, 3.05) is 0 Å². The first-order valence-corrected chi connectivity index (χ1v) is 11.1. The summed E-state index contributed by atoms with van der Waals surface area (Å²) in [4.78, 5) is 10.5. The fraction of sp³-hybridized carbons (Fsp3) is 0.708. The maximum absolute atomic E-state index is 10.5. The van der Waals surface area contributed by atoms with Gasteiger partial charge in [0.1, 0.15) is 5.60 Å². The van der Waals surface area contributed by atoms with Crippen molar-refractivity contribution >= 4 is 6.47 Å². The van der Waals surface area contributed by atoms with Crippen LogP contribution in [-0.2, 0) is 22.4 Å². The molecule has 4 heteroatoms. The van der Waals surface area contributed by atoms with E-state index < -0.39 is 0 Å². The normalized spacial score (nSPS) is 18.6. The Balaban J connectivity index is 1.35. The van der Waals surface area contributed by atoms with Crippen molar-refractivity contribution in [3.8, 4) is 11.5 Å². The summed E-state index contributed by atoms with van der Waals surface area (Å²) in [5, 5.41) is 20.7. The second kappa shape index (κ2) is 9.19. The van der Waals surface area contributed by atoms with Gasteiger partial charge in [0.15, 0.2) is 11.5 Å². The van der Waals surface area contributed by atoms with E-state index in [-0.39, 0.29) is 17.1 Å². The van der Waals surface area contributed by atoms with Gasteiger partial charge in [-0.1, -0.05) is 38.3 Å². The number of carbonyl (C=O) groups excluding carboxylic acids is 1. The molecule has 0 unspecified atom stereocenters. The molecule has 2 aliphatic rings. The number of benzene rings is 1. The van der Waals surface area contributed by atoms with E-state index in [0.29, 0.717) is 11.9 Å². The van der Waals surface area contributed by atoms with Gasteiger partial charge in [-0.3, -0.25) is 4.79 Å². The number of carbonyl (C=O) groups is 1. The van der Waals surface area contributed by atoms with Crippen LogP contribution in [0, 0.1) is 5.41 Å². The van der Waals surface area contributed by atoms with E-state index in [2.05, 4.69) is 6.92 Å². The number of hydrogen-bond donors (Lipinski definition) is 2. The SMILES string of the molecule is CC1(CCCCCc2ccc(CCCCCC3(OC=O)CC3)c(O)c2O)CC1. The summed E-state index contributed by atoms with van der Waals surface area (Å²) < 4.78 is 5.17. The molecule has 2 N–H and O–H groups in total. The van der Waals surface area contributed by atoms with Crippen molar-refractivity contribution in [1.29, 1.82) is 0 Å². The zero-order chi connectivity index (χ0) is 20.0. The van der Waals surface area contributed by atoms with Crippen LogP contribution in [0.4, 0.5) is 0 Å². The molecule has 2 saturated carbocycles. The first kappa shape index (κ1) is 21.0. The van der Waals surface area contributed by atoms with Crippen LogP contribution < -0.4 is 0 Å². The van der Waals surface area contributed by atoms with Crippen LogP contribution in [0.2, 0.25) is 0 Å². The average Bonchev–Trinajstić information content (AvgIpc) is 3.59. The number of rotatable bonds is 14. The number of unbranched alkanes of at least 4 members (excludes halogenated alkanes) is 4. The van der Waals surface area contributed by atoms with Crippen LogP contribution in [0.5, 0.6) is 11.5 Å². The minimum absolute atomic E-state index is 0.0611. The molecule has 1 aromatic rings. The molecule has 4 nitrogen and oxygen atoms in total. The minimum Gasteiger partial charge on any atom is -0.504 e. The molecule has 0 saturated heterocycles. The Morgan fingerprint density at radius 3 is 1.86 bits per heavy atom. The third-order valence-corrected chi connectivity index (χ3v) is 6.83. The van der Waals surface area contributed by atoms with E-state index in [4.69, 9.17) is 4.74 Å². The summed E-state index contributed by atoms with van der Waals surface area (Å²) in [6, 6.07) is 3.94. The lowest BCUT2D eigenvalue weighted by atomic mass is 9.97. The van der Waals surface area contributed by atoms with E-state index >= 15 is 0 Å². The van der Waals surface area contributed by atoms with Gasteiger partial charge in [-0.15, -0.1) is 0 Å². The highest BCUT2D eigenvalue weighted by Crippen LogP contribution is 2.49. The molecule has 0 bridgehead atoms. The summed E-state index contributed by atoms with van der Waals surface area (Å²) in [7, 11) is 0. The number of aryl methyl sites for hydroxylation is 2. The maximum atomic E-state index is 10.5. The van der Waals surface area contributed by atoms with E-state index in [1.807, 2.05) is 12.1 Å². The fourth-order valence-corrected chi connectivity index (χ4v) is 4.18.